The molecule has 1 fully saturated rings. The van der Waals surface area contributed by atoms with Crippen molar-refractivity contribution in [2.24, 2.45) is 0 Å². The Bertz CT molecular complexity index is 306. The van der Waals surface area contributed by atoms with Crippen LogP contribution in [0.3, 0.4) is 0 Å². The summed E-state index contributed by atoms with van der Waals surface area (Å²) < 4.78 is 0. The first-order valence-electron chi connectivity index (χ1n) is 6.73. The van der Waals surface area contributed by atoms with E-state index in [-0.39, 0.29) is 0 Å². The highest BCUT2D eigenvalue weighted by atomic mass is 32.2. The fourth-order valence-corrected chi connectivity index (χ4v) is 4.08. The first kappa shape index (κ1) is 13.0. The summed E-state index contributed by atoms with van der Waals surface area (Å²) >= 11 is 2.17. The minimum absolute atomic E-state index is 0.681. The van der Waals surface area contributed by atoms with Crippen molar-refractivity contribution in [2.45, 2.75) is 43.4 Å². The first-order chi connectivity index (χ1) is 8.40. The van der Waals surface area contributed by atoms with E-state index >= 15 is 0 Å². The third kappa shape index (κ3) is 4.04. The lowest BCUT2D eigenvalue weighted by atomic mass is 10.00. The van der Waals surface area contributed by atoms with Gasteiger partial charge in [-0.15, -0.1) is 0 Å². The smallest absolute Gasteiger partial charge is 0.0201 e. The summed E-state index contributed by atoms with van der Waals surface area (Å²) in [5, 5.41) is 4.35. The SMILES string of the molecule is CNC(CCc1ccccc1)C1CCCCS1. The van der Waals surface area contributed by atoms with Gasteiger partial charge in [0, 0.05) is 11.3 Å². The molecule has 0 aliphatic carbocycles. The van der Waals surface area contributed by atoms with Crippen molar-refractivity contribution < 1.29 is 0 Å². The van der Waals surface area contributed by atoms with Gasteiger partial charge in [0.15, 0.2) is 0 Å². The molecule has 1 aliphatic heterocycles. The molecule has 2 rings (SSSR count). The summed E-state index contributed by atoms with van der Waals surface area (Å²) in [6, 6.07) is 11.5. The largest absolute Gasteiger partial charge is 0.316 e. The monoisotopic (exact) mass is 249 g/mol. The molecule has 1 heterocycles. The maximum Gasteiger partial charge on any atom is 0.0201 e. The van der Waals surface area contributed by atoms with Gasteiger partial charge in [-0.1, -0.05) is 36.8 Å². The van der Waals surface area contributed by atoms with Crippen LogP contribution in [0.5, 0.6) is 0 Å². The summed E-state index contributed by atoms with van der Waals surface area (Å²) in [6.45, 7) is 0. The van der Waals surface area contributed by atoms with E-state index in [0.717, 1.165) is 5.25 Å². The summed E-state index contributed by atoms with van der Waals surface area (Å²) in [4.78, 5) is 0. The van der Waals surface area contributed by atoms with Crippen molar-refractivity contribution in [3.8, 4) is 0 Å². The maximum atomic E-state index is 3.52. The number of hydrogen-bond acceptors (Lipinski definition) is 2. The van der Waals surface area contributed by atoms with E-state index in [4.69, 9.17) is 0 Å². The van der Waals surface area contributed by atoms with E-state index in [2.05, 4.69) is 54.5 Å². The lowest BCUT2D eigenvalue weighted by Gasteiger charge is -2.29. The Balaban J connectivity index is 1.82. The quantitative estimate of drug-likeness (QED) is 0.857. The average molecular weight is 249 g/mol. The fraction of sp³-hybridized carbons (Fsp3) is 0.600. The Kier molecular flexibility index (Phi) is 5.40. The zero-order valence-electron chi connectivity index (χ0n) is 10.7. The van der Waals surface area contributed by atoms with Crippen molar-refractivity contribution in [2.75, 3.05) is 12.8 Å². The van der Waals surface area contributed by atoms with Crippen LogP contribution in [0.25, 0.3) is 0 Å². The molecule has 0 aromatic heterocycles. The zero-order chi connectivity index (χ0) is 11.9. The molecule has 17 heavy (non-hydrogen) atoms. The van der Waals surface area contributed by atoms with E-state index in [0.29, 0.717) is 6.04 Å². The topological polar surface area (TPSA) is 12.0 Å². The van der Waals surface area contributed by atoms with Gasteiger partial charge in [-0.25, -0.2) is 0 Å². The predicted octanol–water partition coefficient (Wildman–Crippen LogP) is 3.49. The highest BCUT2D eigenvalue weighted by Gasteiger charge is 2.22. The molecule has 2 unspecified atom stereocenters. The molecular weight excluding hydrogens is 226 g/mol. The van der Waals surface area contributed by atoms with Gasteiger partial charge >= 0.3 is 0 Å². The van der Waals surface area contributed by atoms with Crippen LogP contribution in [-0.4, -0.2) is 24.1 Å². The van der Waals surface area contributed by atoms with Crippen molar-refractivity contribution in [1.29, 1.82) is 0 Å². The van der Waals surface area contributed by atoms with Gasteiger partial charge < -0.3 is 5.32 Å². The molecule has 2 heteroatoms. The second-order valence-electron chi connectivity index (χ2n) is 4.82. The standard InChI is InChI=1S/C15H23NS/c1-16-14(15-9-5-6-12-17-15)11-10-13-7-3-2-4-8-13/h2-4,7-8,14-16H,5-6,9-12H2,1H3. The summed E-state index contributed by atoms with van der Waals surface area (Å²) in [6.07, 6.45) is 6.68. The van der Waals surface area contributed by atoms with Crippen LogP contribution in [-0.2, 0) is 6.42 Å². The first-order valence-corrected chi connectivity index (χ1v) is 7.78. The van der Waals surface area contributed by atoms with Crippen molar-refractivity contribution >= 4 is 11.8 Å². The molecule has 0 bridgehead atoms. The van der Waals surface area contributed by atoms with Crippen LogP contribution >= 0.6 is 11.8 Å². The highest BCUT2D eigenvalue weighted by Crippen LogP contribution is 2.29. The third-order valence-corrected chi connectivity index (χ3v) is 5.14. The van der Waals surface area contributed by atoms with Crippen LogP contribution in [0.2, 0.25) is 0 Å². The van der Waals surface area contributed by atoms with Crippen LogP contribution in [0.15, 0.2) is 30.3 Å². The van der Waals surface area contributed by atoms with E-state index in [1.54, 1.807) is 0 Å². The molecule has 1 N–H and O–H groups in total. The lowest BCUT2D eigenvalue weighted by Crippen LogP contribution is -2.37. The van der Waals surface area contributed by atoms with Gasteiger partial charge in [-0.3, -0.25) is 0 Å². The molecule has 94 valence electrons. The molecule has 1 aromatic rings. The molecule has 1 saturated heterocycles. The van der Waals surface area contributed by atoms with Crippen LogP contribution in [0.4, 0.5) is 0 Å². The number of rotatable bonds is 5. The Morgan fingerprint density at radius 3 is 2.76 bits per heavy atom. The molecule has 1 aliphatic rings. The maximum absolute atomic E-state index is 3.52. The number of thioether (sulfide) groups is 1. The lowest BCUT2D eigenvalue weighted by molar-refractivity contribution is 0.470. The van der Waals surface area contributed by atoms with Crippen LogP contribution in [0.1, 0.15) is 31.2 Å². The second-order valence-corrected chi connectivity index (χ2v) is 6.17. The van der Waals surface area contributed by atoms with Gasteiger partial charge in [-0.05, 0) is 44.0 Å². The van der Waals surface area contributed by atoms with Gasteiger partial charge in [0.25, 0.3) is 0 Å². The van der Waals surface area contributed by atoms with Gasteiger partial charge in [0.1, 0.15) is 0 Å². The minimum Gasteiger partial charge on any atom is -0.316 e. The Morgan fingerprint density at radius 2 is 2.12 bits per heavy atom. The number of benzene rings is 1. The number of aryl methyl sites for hydroxylation is 1. The molecule has 2 atom stereocenters. The highest BCUT2D eigenvalue weighted by molar-refractivity contribution is 8.00. The van der Waals surface area contributed by atoms with E-state index in [1.165, 1.54) is 43.4 Å². The van der Waals surface area contributed by atoms with Crippen LogP contribution in [0, 0.1) is 0 Å². The number of hydrogen-bond donors (Lipinski definition) is 1. The average Bonchev–Trinajstić information content (AvgIpc) is 2.42. The molecular formula is C15H23NS. The predicted molar refractivity (Wildman–Crippen MR) is 77.7 cm³/mol. The number of nitrogens with one attached hydrogen (secondary N) is 1. The normalized spacial score (nSPS) is 22.3. The zero-order valence-corrected chi connectivity index (χ0v) is 11.5. The fourth-order valence-electron chi connectivity index (χ4n) is 2.57. The second kappa shape index (κ2) is 7.07. The van der Waals surface area contributed by atoms with E-state index in [9.17, 15) is 0 Å². The third-order valence-electron chi connectivity index (χ3n) is 3.62. The molecule has 0 spiro atoms. The van der Waals surface area contributed by atoms with Crippen molar-refractivity contribution in [3.63, 3.8) is 0 Å². The summed E-state index contributed by atoms with van der Waals surface area (Å²) in [5.74, 6) is 1.36. The van der Waals surface area contributed by atoms with E-state index in [1.807, 2.05) is 0 Å². The molecule has 0 radical (unpaired) electrons. The molecule has 1 aromatic carbocycles. The molecule has 0 amide bonds. The Labute approximate surface area is 109 Å². The summed E-state index contributed by atoms with van der Waals surface area (Å²) in [7, 11) is 2.12. The Hall–Kier alpha value is -0.470. The van der Waals surface area contributed by atoms with Gasteiger partial charge in [0.2, 0.25) is 0 Å². The molecule has 0 saturated carbocycles. The minimum atomic E-state index is 0.681. The van der Waals surface area contributed by atoms with E-state index < -0.39 is 0 Å². The summed E-state index contributed by atoms with van der Waals surface area (Å²) in [5.41, 5.74) is 1.47. The van der Waals surface area contributed by atoms with Gasteiger partial charge in [-0.2, -0.15) is 11.8 Å². The molecule has 1 nitrogen and oxygen atoms in total. The Morgan fingerprint density at radius 1 is 1.29 bits per heavy atom. The van der Waals surface area contributed by atoms with Crippen molar-refractivity contribution in [3.05, 3.63) is 35.9 Å². The van der Waals surface area contributed by atoms with Crippen LogP contribution < -0.4 is 5.32 Å². The van der Waals surface area contributed by atoms with Crippen molar-refractivity contribution in [1.82, 2.24) is 5.32 Å². The van der Waals surface area contributed by atoms with Gasteiger partial charge in [0.05, 0.1) is 0 Å².